The van der Waals surface area contributed by atoms with Crippen LogP contribution in [0.1, 0.15) is 18.1 Å². The van der Waals surface area contributed by atoms with Crippen LogP contribution in [0.25, 0.3) is 0 Å². The molecule has 0 bridgehead atoms. The van der Waals surface area contributed by atoms with Gasteiger partial charge in [0.15, 0.2) is 0 Å². The SMILES string of the molecule is CCN1CCO[C@@H](CNCc2cccc(C#N)c2)C1. The fraction of sp³-hybridized carbons (Fsp3) is 0.533. The number of hydrogen-bond donors (Lipinski definition) is 1. The Hall–Kier alpha value is -1.41. The molecule has 1 atom stereocenters. The van der Waals surface area contributed by atoms with Gasteiger partial charge in [0.1, 0.15) is 0 Å². The fourth-order valence-corrected chi connectivity index (χ4v) is 2.32. The average molecular weight is 259 g/mol. The molecule has 1 aliphatic heterocycles. The predicted molar refractivity (Wildman–Crippen MR) is 74.7 cm³/mol. The first-order chi connectivity index (χ1) is 9.31. The quantitative estimate of drug-likeness (QED) is 0.867. The summed E-state index contributed by atoms with van der Waals surface area (Å²) < 4.78 is 5.74. The highest BCUT2D eigenvalue weighted by Gasteiger charge is 2.18. The number of nitrogens with zero attached hydrogens (tertiary/aromatic N) is 2. The van der Waals surface area contributed by atoms with Crippen LogP contribution in [0.15, 0.2) is 24.3 Å². The minimum Gasteiger partial charge on any atom is -0.374 e. The normalized spacial score (nSPS) is 20.1. The average Bonchev–Trinajstić information content (AvgIpc) is 2.48. The molecule has 0 aromatic heterocycles. The van der Waals surface area contributed by atoms with Crippen molar-refractivity contribution < 1.29 is 4.74 Å². The summed E-state index contributed by atoms with van der Waals surface area (Å²) in [5, 5.41) is 12.3. The first-order valence-corrected chi connectivity index (χ1v) is 6.85. The number of nitriles is 1. The van der Waals surface area contributed by atoms with Gasteiger partial charge in [0.2, 0.25) is 0 Å². The Balaban J connectivity index is 1.75. The first kappa shape index (κ1) is 14.0. The second kappa shape index (κ2) is 7.25. The molecule has 1 heterocycles. The van der Waals surface area contributed by atoms with Gasteiger partial charge in [0.05, 0.1) is 24.3 Å². The number of nitrogens with one attached hydrogen (secondary N) is 1. The number of hydrogen-bond acceptors (Lipinski definition) is 4. The van der Waals surface area contributed by atoms with E-state index in [0.29, 0.717) is 5.56 Å². The molecular weight excluding hydrogens is 238 g/mol. The molecule has 0 spiro atoms. The third-order valence-corrected chi connectivity index (χ3v) is 3.43. The van der Waals surface area contributed by atoms with Crippen molar-refractivity contribution in [1.82, 2.24) is 10.2 Å². The molecule has 0 radical (unpaired) electrons. The van der Waals surface area contributed by atoms with Gasteiger partial charge >= 0.3 is 0 Å². The minimum atomic E-state index is 0.271. The molecule has 1 aromatic rings. The Morgan fingerprint density at radius 2 is 2.42 bits per heavy atom. The second-order valence-electron chi connectivity index (χ2n) is 4.83. The number of benzene rings is 1. The standard InChI is InChI=1S/C15H21N3O/c1-2-18-6-7-19-15(12-18)11-17-10-14-5-3-4-13(8-14)9-16/h3-5,8,15,17H,2,6-7,10-12H2,1H3/t15-/m0/s1. The molecule has 19 heavy (non-hydrogen) atoms. The highest BCUT2D eigenvalue weighted by Crippen LogP contribution is 2.06. The van der Waals surface area contributed by atoms with Gasteiger partial charge in [-0.1, -0.05) is 19.1 Å². The zero-order valence-electron chi connectivity index (χ0n) is 11.4. The lowest BCUT2D eigenvalue weighted by atomic mass is 10.1. The summed E-state index contributed by atoms with van der Waals surface area (Å²) in [6.45, 7) is 7.77. The van der Waals surface area contributed by atoms with Gasteiger partial charge in [0.25, 0.3) is 0 Å². The van der Waals surface area contributed by atoms with E-state index in [1.54, 1.807) is 0 Å². The summed E-state index contributed by atoms with van der Waals surface area (Å²) in [6, 6.07) is 9.87. The molecule has 1 saturated heterocycles. The molecule has 0 unspecified atom stereocenters. The van der Waals surface area contributed by atoms with E-state index in [9.17, 15) is 0 Å². The van der Waals surface area contributed by atoms with Crippen molar-refractivity contribution in [3.8, 4) is 6.07 Å². The summed E-state index contributed by atoms with van der Waals surface area (Å²) >= 11 is 0. The maximum Gasteiger partial charge on any atom is 0.0991 e. The highest BCUT2D eigenvalue weighted by molar-refractivity contribution is 5.32. The highest BCUT2D eigenvalue weighted by atomic mass is 16.5. The van der Waals surface area contributed by atoms with Crippen LogP contribution >= 0.6 is 0 Å². The topological polar surface area (TPSA) is 48.3 Å². The zero-order chi connectivity index (χ0) is 13.5. The second-order valence-corrected chi connectivity index (χ2v) is 4.83. The van der Waals surface area contributed by atoms with E-state index in [1.807, 2.05) is 24.3 Å². The molecular formula is C15H21N3O. The van der Waals surface area contributed by atoms with Gasteiger partial charge in [-0.25, -0.2) is 0 Å². The summed E-state index contributed by atoms with van der Waals surface area (Å²) in [6.07, 6.45) is 0.271. The van der Waals surface area contributed by atoms with Gasteiger partial charge in [0, 0.05) is 26.2 Å². The number of rotatable bonds is 5. The first-order valence-electron chi connectivity index (χ1n) is 6.85. The fourth-order valence-electron chi connectivity index (χ4n) is 2.32. The minimum absolute atomic E-state index is 0.271. The Morgan fingerprint density at radius 3 is 3.21 bits per heavy atom. The van der Waals surface area contributed by atoms with Crippen molar-refractivity contribution >= 4 is 0 Å². The Labute approximate surface area is 115 Å². The van der Waals surface area contributed by atoms with E-state index in [-0.39, 0.29) is 6.10 Å². The number of likely N-dealkylation sites (N-methyl/N-ethyl adjacent to an activating group) is 1. The van der Waals surface area contributed by atoms with Crippen LogP contribution < -0.4 is 5.32 Å². The molecule has 0 amide bonds. The molecule has 4 heteroatoms. The molecule has 1 aliphatic rings. The summed E-state index contributed by atoms with van der Waals surface area (Å²) in [7, 11) is 0. The van der Waals surface area contributed by atoms with Crippen molar-refractivity contribution in [1.29, 1.82) is 5.26 Å². The lowest BCUT2D eigenvalue weighted by molar-refractivity contribution is -0.0253. The van der Waals surface area contributed by atoms with Gasteiger partial charge in [-0.05, 0) is 24.2 Å². The molecule has 0 saturated carbocycles. The van der Waals surface area contributed by atoms with Crippen molar-refractivity contribution in [3.63, 3.8) is 0 Å². The maximum absolute atomic E-state index is 8.85. The van der Waals surface area contributed by atoms with E-state index in [0.717, 1.165) is 44.9 Å². The number of ether oxygens (including phenoxy) is 1. The largest absolute Gasteiger partial charge is 0.374 e. The molecule has 1 aromatic carbocycles. The number of morpholine rings is 1. The molecule has 1 N–H and O–H groups in total. The lowest BCUT2D eigenvalue weighted by Crippen LogP contribution is -2.46. The molecule has 2 rings (SSSR count). The van der Waals surface area contributed by atoms with Gasteiger partial charge < -0.3 is 10.1 Å². The van der Waals surface area contributed by atoms with E-state index >= 15 is 0 Å². The van der Waals surface area contributed by atoms with E-state index in [2.05, 4.69) is 23.2 Å². The zero-order valence-corrected chi connectivity index (χ0v) is 11.4. The maximum atomic E-state index is 8.85. The molecule has 102 valence electrons. The van der Waals surface area contributed by atoms with Crippen LogP contribution in [-0.2, 0) is 11.3 Å². The molecule has 0 aliphatic carbocycles. The third-order valence-electron chi connectivity index (χ3n) is 3.43. The van der Waals surface area contributed by atoms with Crippen molar-refractivity contribution in [2.75, 3.05) is 32.8 Å². The van der Waals surface area contributed by atoms with Crippen LogP contribution in [0.5, 0.6) is 0 Å². The van der Waals surface area contributed by atoms with Crippen LogP contribution in [0.2, 0.25) is 0 Å². The van der Waals surface area contributed by atoms with Crippen molar-refractivity contribution in [2.24, 2.45) is 0 Å². The van der Waals surface area contributed by atoms with Gasteiger partial charge in [-0.15, -0.1) is 0 Å². The van der Waals surface area contributed by atoms with E-state index in [4.69, 9.17) is 10.00 Å². The van der Waals surface area contributed by atoms with Crippen LogP contribution in [-0.4, -0.2) is 43.8 Å². The van der Waals surface area contributed by atoms with Crippen molar-refractivity contribution in [2.45, 2.75) is 19.6 Å². The van der Waals surface area contributed by atoms with E-state index < -0.39 is 0 Å². The summed E-state index contributed by atoms with van der Waals surface area (Å²) in [4.78, 5) is 2.41. The molecule has 4 nitrogen and oxygen atoms in total. The smallest absolute Gasteiger partial charge is 0.0991 e. The molecule has 1 fully saturated rings. The van der Waals surface area contributed by atoms with E-state index in [1.165, 1.54) is 0 Å². The summed E-state index contributed by atoms with van der Waals surface area (Å²) in [5.41, 5.74) is 1.85. The third kappa shape index (κ3) is 4.32. The monoisotopic (exact) mass is 259 g/mol. The lowest BCUT2D eigenvalue weighted by Gasteiger charge is -2.32. The van der Waals surface area contributed by atoms with Crippen LogP contribution in [0.4, 0.5) is 0 Å². The van der Waals surface area contributed by atoms with Gasteiger partial charge in [-0.2, -0.15) is 5.26 Å². The van der Waals surface area contributed by atoms with Crippen molar-refractivity contribution in [3.05, 3.63) is 35.4 Å². The Bertz CT molecular complexity index is 441. The van der Waals surface area contributed by atoms with Crippen LogP contribution in [0.3, 0.4) is 0 Å². The summed E-state index contributed by atoms with van der Waals surface area (Å²) in [5.74, 6) is 0. The Kier molecular flexibility index (Phi) is 5.34. The Morgan fingerprint density at radius 1 is 1.53 bits per heavy atom. The van der Waals surface area contributed by atoms with Gasteiger partial charge in [-0.3, -0.25) is 4.90 Å². The predicted octanol–water partition coefficient (Wildman–Crippen LogP) is 1.37. The van der Waals surface area contributed by atoms with Crippen LogP contribution in [0, 0.1) is 11.3 Å².